The molecule has 0 aromatic heterocycles. The standard InChI is InChI=1S/C18H34N2O2/c1-6-16(4)11-14-22-15-12-19-20-13-9-10-17(20)18(7-2,8-3)21-5/h11-12,17H,6-10,13-15H2,1-5H3/b16-11+,19-12+/t17-/m0/s1. The molecule has 0 amide bonds. The van der Waals surface area contributed by atoms with Crippen LogP contribution in [-0.2, 0) is 9.47 Å². The summed E-state index contributed by atoms with van der Waals surface area (Å²) in [7, 11) is 1.83. The average Bonchev–Trinajstić information content (AvgIpc) is 3.02. The fourth-order valence-corrected chi connectivity index (χ4v) is 3.17. The third-order valence-corrected chi connectivity index (χ3v) is 4.96. The van der Waals surface area contributed by atoms with E-state index in [1.165, 1.54) is 12.0 Å². The molecule has 1 rings (SSSR count). The van der Waals surface area contributed by atoms with Crippen molar-refractivity contribution in [2.45, 2.75) is 71.4 Å². The number of allylic oxidation sites excluding steroid dienone is 1. The van der Waals surface area contributed by atoms with Crippen LogP contribution in [-0.4, -0.2) is 49.7 Å². The van der Waals surface area contributed by atoms with E-state index in [-0.39, 0.29) is 5.60 Å². The summed E-state index contributed by atoms with van der Waals surface area (Å²) >= 11 is 0. The van der Waals surface area contributed by atoms with Crippen molar-refractivity contribution in [2.75, 3.05) is 26.9 Å². The maximum absolute atomic E-state index is 5.88. The van der Waals surface area contributed by atoms with Crippen molar-refractivity contribution in [1.29, 1.82) is 0 Å². The molecular weight excluding hydrogens is 276 g/mol. The molecule has 1 aliphatic rings. The average molecular weight is 310 g/mol. The van der Waals surface area contributed by atoms with E-state index in [2.05, 4.69) is 43.9 Å². The van der Waals surface area contributed by atoms with Gasteiger partial charge in [0.1, 0.15) is 0 Å². The fraction of sp³-hybridized carbons (Fsp3) is 0.833. The second-order valence-corrected chi connectivity index (χ2v) is 6.04. The Morgan fingerprint density at radius 2 is 2.00 bits per heavy atom. The van der Waals surface area contributed by atoms with Crippen LogP contribution in [0.25, 0.3) is 0 Å². The van der Waals surface area contributed by atoms with E-state index in [0.717, 1.165) is 32.2 Å². The molecule has 0 aromatic carbocycles. The lowest BCUT2D eigenvalue weighted by molar-refractivity contribution is -0.0731. The highest BCUT2D eigenvalue weighted by Crippen LogP contribution is 2.34. The minimum absolute atomic E-state index is 0.0737. The monoisotopic (exact) mass is 310 g/mol. The van der Waals surface area contributed by atoms with Crippen LogP contribution in [0.5, 0.6) is 0 Å². The van der Waals surface area contributed by atoms with Gasteiger partial charge >= 0.3 is 0 Å². The highest BCUT2D eigenvalue weighted by Gasteiger charge is 2.41. The number of hydrazone groups is 1. The van der Waals surface area contributed by atoms with Gasteiger partial charge in [0.05, 0.1) is 31.1 Å². The quantitative estimate of drug-likeness (QED) is 0.347. The Balaban J connectivity index is 2.48. The Hall–Kier alpha value is -0.870. The zero-order valence-corrected chi connectivity index (χ0v) is 15.1. The van der Waals surface area contributed by atoms with E-state index in [1.807, 2.05) is 13.3 Å². The molecule has 1 atom stereocenters. The predicted molar refractivity (Wildman–Crippen MR) is 93.4 cm³/mol. The second kappa shape index (κ2) is 10.0. The number of methoxy groups -OCH3 is 1. The summed E-state index contributed by atoms with van der Waals surface area (Å²) < 4.78 is 11.5. The minimum atomic E-state index is -0.0737. The topological polar surface area (TPSA) is 34.1 Å². The Morgan fingerprint density at radius 1 is 1.27 bits per heavy atom. The molecule has 4 heteroatoms. The summed E-state index contributed by atoms with van der Waals surface area (Å²) in [5.74, 6) is 0. The Morgan fingerprint density at radius 3 is 2.59 bits per heavy atom. The molecule has 1 fully saturated rings. The van der Waals surface area contributed by atoms with Gasteiger partial charge in [0.25, 0.3) is 0 Å². The van der Waals surface area contributed by atoms with E-state index in [4.69, 9.17) is 9.47 Å². The second-order valence-electron chi connectivity index (χ2n) is 6.04. The van der Waals surface area contributed by atoms with Gasteiger partial charge in [-0.1, -0.05) is 32.4 Å². The van der Waals surface area contributed by atoms with Crippen LogP contribution >= 0.6 is 0 Å². The number of ether oxygens (including phenoxy) is 2. The molecule has 0 N–H and O–H groups in total. The zero-order chi connectivity index (χ0) is 16.4. The molecule has 128 valence electrons. The van der Waals surface area contributed by atoms with Gasteiger partial charge in [-0.05, 0) is 39.0 Å². The maximum Gasteiger partial charge on any atom is 0.0892 e. The highest BCUT2D eigenvalue weighted by atomic mass is 16.5. The third kappa shape index (κ3) is 5.10. The van der Waals surface area contributed by atoms with Crippen LogP contribution < -0.4 is 0 Å². The van der Waals surface area contributed by atoms with Crippen LogP contribution in [0.1, 0.15) is 59.8 Å². The van der Waals surface area contributed by atoms with Crippen molar-refractivity contribution >= 4 is 6.21 Å². The van der Waals surface area contributed by atoms with Crippen LogP contribution in [0.4, 0.5) is 0 Å². The largest absolute Gasteiger partial charge is 0.376 e. The van der Waals surface area contributed by atoms with Gasteiger partial charge in [-0.25, -0.2) is 0 Å². The molecule has 0 radical (unpaired) electrons. The van der Waals surface area contributed by atoms with E-state index in [0.29, 0.717) is 19.3 Å². The van der Waals surface area contributed by atoms with Crippen LogP contribution in [0.15, 0.2) is 16.8 Å². The molecule has 0 saturated carbocycles. The molecule has 0 bridgehead atoms. The zero-order valence-electron chi connectivity index (χ0n) is 15.1. The van der Waals surface area contributed by atoms with Crippen LogP contribution in [0.2, 0.25) is 0 Å². The Labute approximate surface area is 136 Å². The highest BCUT2D eigenvalue weighted by molar-refractivity contribution is 5.58. The van der Waals surface area contributed by atoms with E-state index in [9.17, 15) is 0 Å². The number of rotatable bonds is 10. The Bertz CT molecular complexity index is 354. The summed E-state index contributed by atoms with van der Waals surface area (Å²) in [5, 5.41) is 6.84. The van der Waals surface area contributed by atoms with Gasteiger partial charge in [-0.15, -0.1) is 0 Å². The van der Waals surface area contributed by atoms with Gasteiger partial charge in [-0.3, -0.25) is 5.01 Å². The minimum Gasteiger partial charge on any atom is -0.376 e. The van der Waals surface area contributed by atoms with Crippen molar-refractivity contribution in [3.63, 3.8) is 0 Å². The lowest BCUT2D eigenvalue weighted by Crippen LogP contribution is -2.48. The van der Waals surface area contributed by atoms with Crippen molar-refractivity contribution in [3.05, 3.63) is 11.6 Å². The summed E-state index contributed by atoms with van der Waals surface area (Å²) in [6.07, 6.45) is 9.50. The first kappa shape index (κ1) is 19.2. The molecule has 4 nitrogen and oxygen atoms in total. The number of hydrogen-bond donors (Lipinski definition) is 0. The van der Waals surface area contributed by atoms with E-state index in [1.54, 1.807) is 0 Å². The molecule has 0 aromatic rings. The van der Waals surface area contributed by atoms with Crippen molar-refractivity contribution in [3.8, 4) is 0 Å². The lowest BCUT2D eigenvalue weighted by atomic mass is 9.87. The first-order valence-electron chi connectivity index (χ1n) is 8.71. The van der Waals surface area contributed by atoms with Crippen molar-refractivity contribution in [2.24, 2.45) is 5.10 Å². The van der Waals surface area contributed by atoms with E-state index < -0.39 is 0 Å². The molecule has 22 heavy (non-hydrogen) atoms. The SMILES string of the molecule is CC/C(C)=C/COC/C=N/N1CCC[C@H]1C(CC)(CC)OC. The molecule has 1 heterocycles. The molecule has 0 spiro atoms. The van der Waals surface area contributed by atoms with Crippen molar-refractivity contribution < 1.29 is 9.47 Å². The predicted octanol–water partition coefficient (Wildman–Crippen LogP) is 4.01. The Kier molecular flexibility index (Phi) is 8.72. The fourth-order valence-electron chi connectivity index (χ4n) is 3.17. The van der Waals surface area contributed by atoms with Crippen LogP contribution in [0, 0.1) is 0 Å². The first-order chi connectivity index (χ1) is 10.6. The van der Waals surface area contributed by atoms with Gasteiger partial charge in [0.15, 0.2) is 0 Å². The van der Waals surface area contributed by atoms with Gasteiger partial charge in [0, 0.05) is 13.7 Å². The summed E-state index contributed by atoms with van der Waals surface area (Å²) in [4.78, 5) is 0. The summed E-state index contributed by atoms with van der Waals surface area (Å²) in [6.45, 7) is 10.9. The molecule has 1 saturated heterocycles. The summed E-state index contributed by atoms with van der Waals surface area (Å²) in [6, 6.07) is 0.381. The number of hydrogen-bond acceptors (Lipinski definition) is 4. The normalized spacial score (nSPS) is 20.3. The first-order valence-corrected chi connectivity index (χ1v) is 8.71. The van der Waals surface area contributed by atoms with Gasteiger partial charge in [0.2, 0.25) is 0 Å². The van der Waals surface area contributed by atoms with Gasteiger partial charge in [-0.2, -0.15) is 5.10 Å². The maximum atomic E-state index is 5.88. The molecular formula is C18H34N2O2. The van der Waals surface area contributed by atoms with Gasteiger partial charge < -0.3 is 9.47 Å². The number of nitrogens with zero attached hydrogens (tertiary/aromatic N) is 2. The third-order valence-electron chi connectivity index (χ3n) is 4.96. The smallest absolute Gasteiger partial charge is 0.0892 e. The van der Waals surface area contributed by atoms with Crippen molar-refractivity contribution in [1.82, 2.24) is 5.01 Å². The van der Waals surface area contributed by atoms with Crippen LogP contribution in [0.3, 0.4) is 0 Å². The van der Waals surface area contributed by atoms with E-state index >= 15 is 0 Å². The molecule has 0 unspecified atom stereocenters. The lowest BCUT2D eigenvalue weighted by Gasteiger charge is -2.39. The summed E-state index contributed by atoms with van der Waals surface area (Å²) in [5.41, 5.74) is 1.29. The molecule has 1 aliphatic heterocycles. The molecule has 0 aliphatic carbocycles.